The van der Waals surface area contributed by atoms with E-state index in [9.17, 15) is 0 Å². The largest absolute Gasteiger partial charge is 0.384 e. The molecule has 1 aromatic carbocycles. The Kier molecular flexibility index (Phi) is 7.68. The summed E-state index contributed by atoms with van der Waals surface area (Å²) in [6, 6.07) is 16.1. The van der Waals surface area contributed by atoms with Gasteiger partial charge in [0.25, 0.3) is 0 Å². The second kappa shape index (κ2) is 11.1. The number of nitrogens with zero attached hydrogens (tertiary/aromatic N) is 4. The summed E-state index contributed by atoms with van der Waals surface area (Å²) in [5.74, 6) is 1.24. The number of anilines is 2. The van der Waals surface area contributed by atoms with Crippen molar-refractivity contribution < 1.29 is 4.74 Å². The Morgan fingerprint density at radius 1 is 1.06 bits per heavy atom. The number of halogens is 1. The molecular weight excluding hydrogens is 468 g/mol. The normalized spacial score (nSPS) is 13.7. The van der Waals surface area contributed by atoms with E-state index in [-0.39, 0.29) is 0 Å². The van der Waals surface area contributed by atoms with E-state index in [4.69, 9.17) is 10.5 Å². The zero-order chi connectivity index (χ0) is 22.2. The van der Waals surface area contributed by atoms with Crippen LogP contribution in [0.25, 0.3) is 5.65 Å². The molecule has 7 nitrogen and oxygen atoms in total. The number of hydrogen-bond donors (Lipinski definition) is 2. The molecule has 4 aromatic rings. The van der Waals surface area contributed by atoms with Crippen molar-refractivity contribution in [2.75, 3.05) is 11.1 Å². The van der Waals surface area contributed by atoms with Gasteiger partial charge in [-0.1, -0.05) is 49.2 Å². The third-order valence-electron chi connectivity index (χ3n) is 5.28. The van der Waals surface area contributed by atoms with E-state index in [0.29, 0.717) is 24.1 Å². The number of ether oxygens (including phenoxy) is 1. The SMILES string of the molecule is Nc1cc(NCc2cccnc2)n2ncc(Br)c2n1.c1ccc(COC2CCCC2)cc1. The molecule has 8 heteroatoms. The minimum Gasteiger partial charge on any atom is -0.384 e. The van der Waals surface area contributed by atoms with Gasteiger partial charge in [-0.25, -0.2) is 4.98 Å². The van der Waals surface area contributed by atoms with Crippen LogP contribution >= 0.6 is 15.9 Å². The number of hydrogen-bond acceptors (Lipinski definition) is 6. The van der Waals surface area contributed by atoms with Gasteiger partial charge < -0.3 is 15.8 Å². The maximum Gasteiger partial charge on any atom is 0.173 e. The monoisotopic (exact) mass is 494 g/mol. The van der Waals surface area contributed by atoms with Gasteiger partial charge in [-0.05, 0) is 46.0 Å². The third kappa shape index (κ3) is 6.05. The Morgan fingerprint density at radius 2 is 1.84 bits per heavy atom. The quantitative estimate of drug-likeness (QED) is 0.381. The van der Waals surface area contributed by atoms with Crippen LogP contribution in [0.3, 0.4) is 0 Å². The number of aromatic nitrogens is 4. The Hall–Kier alpha value is -2.97. The van der Waals surface area contributed by atoms with E-state index < -0.39 is 0 Å². The molecular formula is C24H27BrN6O. The molecule has 0 unspecified atom stereocenters. The number of benzene rings is 1. The van der Waals surface area contributed by atoms with Gasteiger partial charge in [0, 0.05) is 25.0 Å². The van der Waals surface area contributed by atoms with Gasteiger partial charge in [0.15, 0.2) is 5.65 Å². The van der Waals surface area contributed by atoms with Crippen molar-refractivity contribution in [1.82, 2.24) is 19.6 Å². The van der Waals surface area contributed by atoms with Crippen molar-refractivity contribution in [1.29, 1.82) is 0 Å². The Balaban J connectivity index is 0.000000165. The smallest absolute Gasteiger partial charge is 0.173 e. The molecule has 0 saturated heterocycles. The first-order valence-corrected chi connectivity index (χ1v) is 11.6. The minimum absolute atomic E-state index is 0.447. The molecule has 1 aliphatic carbocycles. The van der Waals surface area contributed by atoms with Gasteiger partial charge in [0.05, 0.1) is 23.4 Å². The summed E-state index contributed by atoms with van der Waals surface area (Å²) in [5, 5.41) is 7.52. The highest BCUT2D eigenvalue weighted by Crippen LogP contribution is 2.22. The fourth-order valence-electron chi connectivity index (χ4n) is 3.62. The van der Waals surface area contributed by atoms with Gasteiger partial charge in [-0.3, -0.25) is 4.98 Å². The predicted molar refractivity (Wildman–Crippen MR) is 130 cm³/mol. The van der Waals surface area contributed by atoms with Crippen molar-refractivity contribution in [3.8, 4) is 0 Å². The molecule has 1 saturated carbocycles. The van der Waals surface area contributed by atoms with E-state index in [0.717, 1.165) is 22.5 Å². The number of nitrogens with two attached hydrogens (primary N) is 1. The molecule has 1 aliphatic rings. The average Bonchev–Trinajstić information content (AvgIpc) is 3.48. The summed E-state index contributed by atoms with van der Waals surface area (Å²) < 4.78 is 8.30. The lowest BCUT2D eigenvalue weighted by molar-refractivity contribution is 0.0457. The van der Waals surface area contributed by atoms with Crippen molar-refractivity contribution >= 4 is 33.2 Å². The number of pyridine rings is 1. The van der Waals surface area contributed by atoms with Crippen LogP contribution in [-0.2, 0) is 17.9 Å². The zero-order valence-electron chi connectivity index (χ0n) is 17.8. The number of fused-ring (bicyclic) bond motifs is 1. The van der Waals surface area contributed by atoms with Crippen molar-refractivity contribution in [3.63, 3.8) is 0 Å². The van der Waals surface area contributed by atoms with Crippen LogP contribution in [0.5, 0.6) is 0 Å². The molecule has 0 atom stereocenters. The van der Waals surface area contributed by atoms with Crippen LogP contribution in [0.4, 0.5) is 11.6 Å². The fourth-order valence-corrected chi connectivity index (χ4v) is 3.97. The van der Waals surface area contributed by atoms with Crippen LogP contribution in [0, 0.1) is 0 Å². The number of rotatable bonds is 6. The van der Waals surface area contributed by atoms with Crippen LogP contribution in [-0.4, -0.2) is 25.7 Å². The summed E-state index contributed by atoms with van der Waals surface area (Å²) in [4.78, 5) is 8.30. The predicted octanol–water partition coefficient (Wildman–Crippen LogP) is 5.23. The van der Waals surface area contributed by atoms with Gasteiger partial charge in [-0.2, -0.15) is 9.61 Å². The lowest BCUT2D eigenvalue weighted by Crippen LogP contribution is -2.07. The molecule has 1 fully saturated rings. The molecule has 166 valence electrons. The maximum absolute atomic E-state index is 5.80. The van der Waals surface area contributed by atoms with Crippen molar-refractivity contribution in [3.05, 3.63) is 82.7 Å². The number of nitrogens with one attached hydrogen (secondary N) is 1. The summed E-state index contributed by atoms with van der Waals surface area (Å²) in [5.41, 5.74) is 8.85. The van der Waals surface area contributed by atoms with Crippen LogP contribution in [0.1, 0.15) is 36.8 Å². The summed E-state index contributed by atoms with van der Waals surface area (Å²) in [6.07, 6.45) is 11.0. The van der Waals surface area contributed by atoms with Crippen molar-refractivity contribution in [2.24, 2.45) is 0 Å². The van der Waals surface area contributed by atoms with Gasteiger partial charge in [-0.15, -0.1) is 0 Å². The van der Waals surface area contributed by atoms with E-state index in [2.05, 4.69) is 60.6 Å². The highest BCUT2D eigenvalue weighted by Gasteiger charge is 2.14. The molecule has 0 spiro atoms. The molecule has 3 aromatic heterocycles. The second-order valence-corrected chi connectivity index (χ2v) is 8.57. The standard InChI is InChI=1S/C12H11BrN6.C12H16O/c13-9-7-17-19-11(4-10(14)18-12(9)19)16-6-8-2-1-3-15-5-8;1-2-6-11(7-3-1)10-13-12-8-4-5-9-12/h1-5,7,16H,6H2,(H2,14,18);1-3,6-7,12H,4-5,8-10H2. The molecule has 5 rings (SSSR count). The molecule has 0 aliphatic heterocycles. The van der Waals surface area contributed by atoms with Gasteiger partial charge in [0.1, 0.15) is 11.6 Å². The molecule has 0 amide bonds. The lowest BCUT2D eigenvalue weighted by Gasteiger charge is -2.10. The Labute approximate surface area is 196 Å². The van der Waals surface area contributed by atoms with E-state index in [1.54, 1.807) is 23.0 Å². The van der Waals surface area contributed by atoms with Gasteiger partial charge >= 0.3 is 0 Å². The highest BCUT2D eigenvalue weighted by molar-refractivity contribution is 9.10. The van der Waals surface area contributed by atoms with Crippen LogP contribution in [0.15, 0.2) is 71.6 Å². The Bertz CT molecular complexity index is 1110. The average molecular weight is 495 g/mol. The molecule has 32 heavy (non-hydrogen) atoms. The first-order valence-electron chi connectivity index (χ1n) is 10.8. The van der Waals surface area contributed by atoms with E-state index >= 15 is 0 Å². The minimum atomic E-state index is 0.447. The molecule has 0 radical (unpaired) electrons. The third-order valence-corrected chi connectivity index (χ3v) is 5.84. The second-order valence-electron chi connectivity index (χ2n) is 7.71. The summed E-state index contributed by atoms with van der Waals surface area (Å²) in [7, 11) is 0. The Morgan fingerprint density at radius 3 is 2.59 bits per heavy atom. The van der Waals surface area contributed by atoms with Crippen molar-refractivity contribution in [2.45, 2.75) is 44.9 Å². The number of nitrogen functional groups attached to an aromatic ring is 1. The molecule has 3 N–H and O–H groups in total. The maximum atomic E-state index is 5.80. The molecule has 3 heterocycles. The zero-order valence-corrected chi connectivity index (χ0v) is 19.4. The summed E-state index contributed by atoms with van der Waals surface area (Å²) in [6.45, 7) is 1.43. The van der Waals surface area contributed by atoms with Gasteiger partial charge in [0.2, 0.25) is 0 Å². The topological polar surface area (TPSA) is 90.4 Å². The first-order chi connectivity index (χ1) is 15.7. The van der Waals surface area contributed by atoms with Crippen LogP contribution < -0.4 is 11.1 Å². The first kappa shape index (κ1) is 22.2. The highest BCUT2D eigenvalue weighted by atomic mass is 79.9. The van der Waals surface area contributed by atoms with E-state index in [1.807, 2.05) is 24.4 Å². The molecule has 0 bridgehead atoms. The van der Waals surface area contributed by atoms with Crippen LogP contribution in [0.2, 0.25) is 0 Å². The fraction of sp³-hybridized carbons (Fsp3) is 0.292. The lowest BCUT2D eigenvalue weighted by atomic mass is 10.2. The summed E-state index contributed by atoms with van der Waals surface area (Å²) >= 11 is 3.39. The van der Waals surface area contributed by atoms with E-state index in [1.165, 1.54) is 31.2 Å².